The molecule has 0 aliphatic heterocycles. The highest BCUT2D eigenvalue weighted by atomic mass is 16.4. The molecule has 0 spiro atoms. The highest BCUT2D eigenvalue weighted by Crippen LogP contribution is 2.22. The molecule has 16 heavy (non-hydrogen) atoms. The number of carbonyl (C=O) groups is 1. The second kappa shape index (κ2) is 3.82. The van der Waals surface area contributed by atoms with Crippen molar-refractivity contribution in [1.29, 1.82) is 0 Å². The number of H-pyrrole nitrogens is 1. The van der Waals surface area contributed by atoms with E-state index in [1.807, 2.05) is 0 Å². The molecule has 4 N–H and O–H groups in total. The van der Waals surface area contributed by atoms with Crippen LogP contribution in [0, 0.1) is 0 Å². The van der Waals surface area contributed by atoms with E-state index in [1.165, 1.54) is 0 Å². The van der Waals surface area contributed by atoms with Gasteiger partial charge in [0.15, 0.2) is 5.58 Å². The number of aromatic nitrogens is 1. The molecule has 6 heteroatoms. The number of hydrogen-bond acceptors (Lipinski definition) is 4. The van der Waals surface area contributed by atoms with Crippen molar-refractivity contribution in [2.75, 3.05) is 0 Å². The molecule has 0 radical (unpaired) electrons. The average Bonchev–Trinajstić information content (AvgIpc) is 2.55. The number of benzene rings is 1. The summed E-state index contributed by atoms with van der Waals surface area (Å²) >= 11 is 0. The number of hydrogen-bond donors (Lipinski definition) is 3. The molecule has 84 valence electrons. The van der Waals surface area contributed by atoms with Gasteiger partial charge in [-0.25, -0.2) is 4.79 Å². The third-order valence-electron chi connectivity index (χ3n) is 2.28. The van der Waals surface area contributed by atoms with E-state index in [2.05, 4.69) is 4.98 Å². The Morgan fingerprint density at radius 1 is 1.56 bits per heavy atom. The molecule has 0 fully saturated rings. The number of carboxylic acids is 1. The summed E-state index contributed by atoms with van der Waals surface area (Å²) in [5.41, 5.74) is 7.13. The lowest BCUT2D eigenvalue weighted by atomic mass is 10.0. The number of nitrogens with one attached hydrogen (secondary N) is 1. The molecule has 1 unspecified atom stereocenters. The summed E-state index contributed by atoms with van der Waals surface area (Å²) in [5.74, 6) is -1.57. The summed E-state index contributed by atoms with van der Waals surface area (Å²) < 4.78 is 4.85. The molecule has 0 saturated carbocycles. The molecule has 0 saturated heterocycles. The van der Waals surface area contributed by atoms with Gasteiger partial charge in [-0.05, 0) is 11.6 Å². The summed E-state index contributed by atoms with van der Waals surface area (Å²) in [4.78, 5) is 24.0. The van der Waals surface area contributed by atoms with Gasteiger partial charge < -0.3 is 15.3 Å². The van der Waals surface area contributed by atoms with Crippen LogP contribution in [-0.2, 0) is 4.79 Å². The number of aliphatic carboxylic acids is 1. The van der Waals surface area contributed by atoms with Crippen molar-refractivity contribution >= 4 is 17.1 Å². The fourth-order valence-corrected chi connectivity index (χ4v) is 1.60. The van der Waals surface area contributed by atoms with Crippen LogP contribution < -0.4 is 11.5 Å². The van der Waals surface area contributed by atoms with Gasteiger partial charge in [0, 0.05) is 6.04 Å². The lowest BCUT2D eigenvalue weighted by Crippen LogP contribution is -2.15. The highest BCUT2D eigenvalue weighted by molar-refractivity contribution is 5.78. The van der Waals surface area contributed by atoms with Gasteiger partial charge in [0.25, 0.3) is 0 Å². The predicted molar refractivity (Wildman–Crippen MR) is 56.0 cm³/mol. The van der Waals surface area contributed by atoms with Gasteiger partial charge in [-0.2, -0.15) is 0 Å². The average molecular weight is 222 g/mol. The first-order valence-electron chi connectivity index (χ1n) is 4.67. The van der Waals surface area contributed by atoms with E-state index in [0.717, 1.165) is 0 Å². The molecule has 2 rings (SSSR count). The molecule has 0 aliphatic rings. The summed E-state index contributed by atoms with van der Waals surface area (Å²) in [7, 11) is 0. The fraction of sp³-hybridized carbons (Fsp3) is 0.200. The van der Waals surface area contributed by atoms with E-state index in [0.29, 0.717) is 16.7 Å². The van der Waals surface area contributed by atoms with Gasteiger partial charge in [-0.15, -0.1) is 0 Å². The van der Waals surface area contributed by atoms with E-state index >= 15 is 0 Å². The van der Waals surface area contributed by atoms with Crippen LogP contribution in [0.4, 0.5) is 0 Å². The zero-order chi connectivity index (χ0) is 11.7. The van der Waals surface area contributed by atoms with Crippen molar-refractivity contribution < 1.29 is 14.3 Å². The summed E-state index contributed by atoms with van der Waals surface area (Å²) in [6.07, 6.45) is -0.202. The molecule has 1 aromatic carbocycles. The van der Waals surface area contributed by atoms with Crippen molar-refractivity contribution in [2.24, 2.45) is 5.73 Å². The lowest BCUT2D eigenvalue weighted by Gasteiger charge is -2.09. The Morgan fingerprint density at radius 2 is 2.31 bits per heavy atom. The molecule has 1 atom stereocenters. The van der Waals surface area contributed by atoms with Crippen LogP contribution in [-0.4, -0.2) is 16.1 Å². The van der Waals surface area contributed by atoms with E-state index in [4.69, 9.17) is 15.3 Å². The van der Waals surface area contributed by atoms with Gasteiger partial charge in [-0.3, -0.25) is 9.78 Å². The van der Waals surface area contributed by atoms with Gasteiger partial charge in [0.1, 0.15) is 0 Å². The molecule has 1 heterocycles. The smallest absolute Gasteiger partial charge is 0.417 e. The van der Waals surface area contributed by atoms with Gasteiger partial charge in [-0.1, -0.05) is 12.1 Å². The SMILES string of the molecule is NC(CC(=O)O)c1cccc2oc(=O)[nH]c12. The fourth-order valence-electron chi connectivity index (χ4n) is 1.60. The maximum absolute atomic E-state index is 11.0. The number of nitrogens with two attached hydrogens (primary N) is 1. The molecule has 1 aromatic heterocycles. The number of rotatable bonds is 3. The third kappa shape index (κ3) is 1.82. The Bertz CT molecular complexity index is 584. The number of oxazole rings is 1. The van der Waals surface area contributed by atoms with Crippen LogP contribution >= 0.6 is 0 Å². The Hall–Kier alpha value is -2.08. The van der Waals surface area contributed by atoms with E-state index < -0.39 is 17.8 Å². The predicted octanol–water partition coefficient (Wildman–Crippen LogP) is 0.596. The number of fused-ring (bicyclic) bond motifs is 1. The lowest BCUT2D eigenvalue weighted by molar-refractivity contribution is -0.137. The normalized spacial score (nSPS) is 12.8. The minimum absolute atomic E-state index is 0.202. The zero-order valence-corrected chi connectivity index (χ0v) is 8.27. The largest absolute Gasteiger partial charge is 0.481 e. The van der Waals surface area contributed by atoms with Crippen molar-refractivity contribution in [3.63, 3.8) is 0 Å². The molecule has 2 aromatic rings. The quantitative estimate of drug-likeness (QED) is 0.704. The minimum Gasteiger partial charge on any atom is -0.481 e. The third-order valence-corrected chi connectivity index (χ3v) is 2.28. The first-order valence-corrected chi connectivity index (χ1v) is 4.67. The van der Waals surface area contributed by atoms with Crippen LogP contribution in [0.1, 0.15) is 18.0 Å². The summed E-state index contributed by atoms with van der Waals surface area (Å²) in [6, 6.07) is 4.27. The molecule has 6 nitrogen and oxygen atoms in total. The second-order valence-electron chi connectivity index (χ2n) is 3.44. The van der Waals surface area contributed by atoms with Gasteiger partial charge >= 0.3 is 11.7 Å². The minimum atomic E-state index is -0.990. The standard InChI is InChI=1S/C10H10N2O4/c11-6(4-8(13)14)5-2-1-3-7-9(5)12-10(15)16-7/h1-3,6H,4,11H2,(H,12,15)(H,13,14). The number of para-hydroxylation sites is 1. The molecule has 0 amide bonds. The molecular formula is C10H10N2O4. The summed E-state index contributed by atoms with van der Waals surface area (Å²) in [5, 5.41) is 8.65. The molecule has 0 bridgehead atoms. The Kier molecular flexibility index (Phi) is 2.49. The monoisotopic (exact) mass is 222 g/mol. The Morgan fingerprint density at radius 3 is 3.00 bits per heavy atom. The Balaban J connectivity index is 2.51. The van der Waals surface area contributed by atoms with Crippen molar-refractivity contribution in [1.82, 2.24) is 4.98 Å². The van der Waals surface area contributed by atoms with Crippen molar-refractivity contribution in [3.8, 4) is 0 Å². The maximum atomic E-state index is 11.0. The first-order chi connectivity index (χ1) is 7.58. The Labute approximate surface area is 89.7 Å². The molecular weight excluding hydrogens is 212 g/mol. The van der Waals surface area contributed by atoms with E-state index in [9.17, 15) is 9.59 Å². The first kappa shape index (κ1) is 10.4. The summed E-state index contributed by atoms with van der Waals surface area (Å²) in [6.45, 7) is 0. The van der Waals surface area contributed by atoms with Crippen molar-refractivity contribution in [3.05, 3.63) is 34.3 Å². The van der Waals surface area contributed by atoms with Crippen LogP contribution in [0.3, 0.4) is 0 Å². The number of carboxylic acid groups (broad SMARTS) is 1. The van der Waals surface area contributed by atoms with E-state index in [-0.39, 0.29) is 6.42 Å². The van der Waals surface area contributed by atoms with Gasteiger partial charge in [0.05, 0.1) is 11.9 Å². The van der Waals surface area contributed by atoms with Crippen LogP contribution in [0.25, 0.3) is 11.1 Å². The second-order valence-corrected chi connectivity index (χ2v) is 3.44. The van der Waals surface area contributed by atoms with Crippen LogP contribution in [0.5, 0.6) is 0 Å². The zero-order valence-electron chi connectivity index (χ0n) is 8.27. The van der Waals surface area contributed by atoms with Crippen LogP contribution in [0.15, 0.2) is 27.4 Å². The van der Waals surface area contributed by atoms with Crippen LogP contribution in [0.2, 0.25) is 0 Å². The molecule has 0 aliphatic carbocycles. The van der Waals surface area contributed by atoms with E-state index in [1.54, 1.807) is 18.2 Å². The highest BCUT2D eigenvalue weighted by Gasteiger charge is 2.15. The van der Waals surface area contributed by atoms with Crippen molar-refractivity contribution in [2.45, 2.75) is 12.5 Å². The van der Waals surface area contributed by atoms with Gasteiger partial charge in [0.2, 0.25) is 0 Å². The maximum Gasteiger partial charge on any atom is 0.417 e. The number of aromatic amines is 1. The topological polar surface area (TPSA) is 109 Å².